The molecule has 1 amide bonds. The summed E-state index contributed by atoms with van der Waals surface area (Å²) in [5, 5.41) is 35.3. The Bertz CT molecular complexity index is 1440. The van der Waals surface area contributed by atoms with Crippen LogP contribution in [0.15, 0.2) is 34.8 Å². The molecule has 3 rings (SSSR count). The van der Waals surface area contributed by atoms with Crippen LogP contribution in [-0.4, -0.2) is 38.3 Å². The number of amides is 1. The van der Waals surface area contributed by atoms with Crippen molar-refractivity contribution in [2.24, 2.45) is 0 Å². The smallest absolute Gasteiger partial charge is 0.475 e. The van der Waals surface area contributed by atoms with Gasteiger partial charge in [0, 0.05) is 17.1 Å². The topological polar surface area (TPSA) is 171 Å². The number of carbonyl (C=O) groups is 2. The van der Waals surface area contributed by atoms with E-state index in [0.29, 0.717) is 0 Å². The molecule has 1 heterocycles. The third-order valence-electron chi connectivity index (χ3n) is 4.12. The number of nitrogens with one attached hydrogen (secondary N) is 2. The molecule has 2 aromatic carbocycles. The van der Waals surface area contributed by atoms with Crippen molar-refractivity contribution < 1.29 is 41.9 Å². The predicted molar refractivity (Wildman–Crippen MR) is 125 cm³/mol. The predicted octanol–water partition coefficient (Wildman–Crippen LogP) is 5.75. The second kappa shape index (κ2) is 12.5. The van der Waals surface area contributed by atoms with Crippen molar-refractivity contribution in [3.8, 4) is 17.6 Å². The zero-order chi connectivity index (χ0) is 28.8. The monoisotopic (exact) mass is 641 g/mol. The normalized spacial score (nSPS) is 10.6. The largest absolute Gasteiger partial charge is 0.490 e. The SMILES string of the molecule is N#Cc1cc(Cl)cc(Oc2c(Cl)ccc(CNC(=O)c3n[nH]c([N+](=O)[O-])c3Br)c2F)c1.O=C(O)C(F)(F)F. The van der Waals surface area contributed by atoms with E-state index in [1.807, 2.05) is 6.07 Å². The first-order valence-corrected chi connectivity index (χ1v) is 11.0. The average molecular weight is 643 g/mol. The van der Waals surface area contributed by atoms with E-state index < -0.39 is 34.6 Å². The van der Waals surface area contributed by atoms with E-state index >= 15 is 0 Å². The number of carboxylic acids is 1. The maximum Gasteiger partial charge on any atom is 0.490 e. The van der Waals surface area contributed by atoms with Gasteiger partial charge in [-0.2, -0.15) is 18.4 Å². The first-order valence-electron chi connectivity index (χ1n) is 9.47. The lowest BCUT2D eigenvalue weighted by Gasteiger charge is -2.13. The first-order chi connectivity index (χ1) is 17.6. The molecular formula is C20H10BrCl2F4N5O6. The second-order valence-corrected chi connectivity index (χ2v) is 8.35. The summed E-state index contributed by atoms with van der Waals surface area (Å²) in [5.41, 5.74) is -0.0296. The number of carboxylic acid groups (broad SMARTS) is 1. The number of nitriles is 1. The summed E-state index contributed by atoms with van der Waals surface area (Å²) in [6.07, 6.45) is -5.08. The van der Waals surface area contributed by atoms with E-state index in [9.17, 15) is 32.5 Å². The number of nitro groups is 1. The summed E-state index contributed by atoms with van der Waals surface area (Å²) < 4.78 is 52.1. The number of benzene rings is 2. The number of nitrogens with zero attached hydrogens (tertiary/aromatic N) is 3. The lowest BCUT2D eigenvalue weighted by atomic mass is 10.2. The zero-order valence-electron chi connectivity index (χ0n) is 18.1. The molecule has 0 atom stereocenters. The minimum Gasteiger partial charge on any atom is -0.475 e. The van der Waals surface area contributed by atoms with Crippen LogP contribution in [0.5, 0.6) is 11.5 Å². The van der Waals surface area contributed by atoms with Gasteiger partial charge in [-0.25, -0.2) is 9.18 Å². The molecule has 200 valence electrons. The van der Waals surface area contributed by atoms with Gasteiger partial charge in [0.2, 0.25) is 0 Å². The van der Waals surface area contributed by atoms with Gasteiger partial charge >= 0.3 is 18.0 Å². The fourth-order valence-corrected chi connectivity index (χ4v) is 3.37. The van der Waals surface area contributed by atoms with Gasteiger partial charge in [-0.3, -0.25) is 4.79 Å². The lowest BCUT2D eigenvalue weighted by Crippen LogP contribution is -2.24. The Morgan fingerprint density at radius 3 is 2.45 bits per heavy atom. The molecule has 0 aliphatic heterocycles. The van der Waals surface area contributed by atoms with Crippen molar-refractivity contribution in [2.75, 3.05) is 0 Å². The van der Waals surface area contributed by atoms with Crippen LogP contribution in [-0.2, 0) is 11.3 Å². The number of aromatic nitrogens is 2. The lowest BCUT2D eigenvalue weighted by molar-refractivity contribution is -0.390. The number of alkyl halides is 3. The third-order valence-corrected chi connectivity index (χ3v) is 5.39. The summed E-state index contributed by atoms with van der Waals surface area (Å²) in [7, 11) is 0. The molecular weight excluding hydrogens is 633 g/mol. The van der Waals surface area contributed by atoms with E-state index in [4.69, 9.17) is 43.1 Å². The quantitative estimate of drug-likeness (QED) is 0.173. The molecule has 0 unspecified atom stereocenters. The summed E-state index contributed by atoms with van der Waals surface area (Å²) in [5.74, 6) is -5.10. The van der Waals surface area contributed by atoms with Gasteiger partial charge in [0.1, 0.15) is 10.2 Å². The number of H-pyrrole nitrogens is 1. The number of aromatic amines is 1. The number of hydrogen-bond donors (Lipinski definition) is 3. The molecule has 0 aliphatic rings. The van der Waals surface area contributed by atoms with Crippen molar-refractivity contribution in [3.63, 3.8) is 0 Å². The van der Waals surface area contributed by atoms with Crippen molar-refractivity contribution in [1.29, 1.82) is 5.26 Å². The van der Waals surface area contributed by atoms with E-state index in [0.717, 1.165) is 0 Å². The molecule has 0 saturated carbocycles. The second-order valence-electron chi connectivity index (χ2n) is 6.72. The van der Waals surface area contributed by atoms with Crippen molar-refractivity contribution in [2.45, 2.75) is 12.7 Å². The highest BCUT2D eigenvalue weighted by molar-refractivity contribution is 9.10. The number of aliphatic carboxylic acids is 1. The van der Waals surface area contributed by atoms with Crippen LogP contribution < -0.4 is 10.1 Å². The Kier molecular flexibility index (Phi) is 9.99. The summed E-state index contributed by atoms with van der Waals surface area (Å²) in [6, 6.07) is 8.76. The third kappa shape index (κ3) is 7.78. The van der Waals surface area contributed by atoms with Gasteiger partial charge in [-0.05, 0) is 45.1 Å². The molecule has 38 heavy (non-hydrogen) atoms. The van der Waals surface area contributed by atoms with E-state index in [1.54, 1.807) is 0 Å². The standard InChI is InChI=1S/C18H9BrCl2FN5O4.C2HF3O2/c19-13-15(25-26-17(13)27(29)30)18(28)24-7-9-1-2-12(21)16(14(9)22)31-11-4-8(6-23)3-10(20)5-11;3-2(4,5)1(6)7/h1-5H,7H2,(H,24,28)(H,25,26);(H,6,7). The zero-order valence-corrected chi connectivity index (χ0v) is 21.2. The van der Waals surface area contributed by atoms with Gasteiger partial charge in [0.15, 0.2) is 17.3 Å². The fraction of sp³-hybridized carbons (Fsp3) is 0.100. The molecule has 11 nitrogen and oxygen atoms in total. The van der Waals surface area contributed by atoms with Gasteiger partial charge in [-0.1, -0.05) is 34.4 Å². The highest BCUT2D eigenvalue weighted by Crippen LogP contribution is 2.35. The molecule has 0 fully saturated rings. The van der Waals surface area contributed by atoms with E-state index in [2.05, 4.69) is 31.4 Å². The van der Waals surface area contributed by atoms with Gasteiger partial charge in [0.05, 0.1) is 16.7 Å². The molecule has 1 aromatic heterocycles. The van der Waals surface area contributed by atoms with Crippen molar-refractivity contribution >= 4 is 56.8 Å². The molecule has 0 saturated heterocycles. The molecule has 0 bridgehead atoms. The van der Waals surface area contributed by atoms with Gasteiger partial charge < -0.3 is 25.3 Å². The van der Waals surface area contributed by atoms with E-state index in [-0.39, 0.29) is 49.4 Å². The van der Waals surface area contributed by atoms with Crippen LogP contribution in [0, 0.1) is 27.3 Å². The van der Waals surface area contributed by atoms with Crippen molar-refractivity contribution in [3.05, 3.63) is 77.6 Å². The van der Waals surface area contributed by atoms with Crippen LogP contribution >= 0.6 is 39.1 Å². The molecule has 0 radical (unpaired) electrons. The molecule has 0 spiro atoms. The minimum absolute atomic E-state index is 0.0245. The highest BCUT2D eigenvalue weighted by atomic mass is 79.9. The van der Waals surface area contributed by atoms with Crippen LogP contribution in [0.2, 0.25) is 10.0 Å². The van der Waals surface area contributed by atoms with Gasteiger partial charge in [-0.15, -0.1) is 5.10 Å². The maximum absolute atomic E-state index is 15.0. The maximum atomic E-state index is 15.0. The highest BCUT2D eigenvalue weighted by Gasteiger charge is 2.38. The Balaban J connectivity index is 0.000000638. The summed E-state index contributed by atoms with van der Waals surface area (Å²) >= 11 is 14.9. The fourth-order valence-electron chi connectivity index (χ4n) is 2.46. The summed E-state index contributed by atoms with van der Waals surface area (Å²) in [6.45, 7) is -0.287. The Morgan fingerprint density at radius 1 is 1.29 bits per heavy atom. The Morgan fingerprint density at radius 2 is 1.92 bits per heavy atom. The molecule has 18 heteroatoms. The van der Waals surface area contributed by atoms with Crippen LogP contribution in [0.25, 0.3) is 0 Å². The number of hydrogen-bond acceptors (Lipinski definition) is 7. The molecule has 3 aromatic rings. The van der Waals surface area contributed by atoms with Crippen LogP contribution in [0.3, 0.4) is 0 Å². The minimum atomic E-state index is -5.08. The first kappa shape index (κ1) is 30.3. The number of halogens is 7. The number of ether oxygens (including phenoxy) is 1. The van der Waals surface area contributed by atoms with Gasteiger partial charge in [0.25, 0.3) is 5.91 Å². The van der Waals surface area contributed by atoms with E-state index in [1.165, 1.54) is 30.3 Å². The average Bonchev–Trinajstić information content (AvgIpc) is 3.22. The Hall–Kier alpha value is -3.94. The summed E-state index contributed by atoms with van der Waals surface area (Å²) in [4.78, 5) is 31.2. The van der Waals surface area contributed by atoms with Crippen molar-refractivity contribution in [1.82, 2.24) is 15.5 Å². The number of rotatable bonds is 6. The Labute approximate surface area is 227 Å². The molecule has 0 aliphatic carbocycles. The number of carbonyl (C=O) groups excluding carboxylic acids is 1. The van der Waals surface area contributed by atoms with Crippen LogP contribution in [0.4, 0.5) is 23.4 Å². The molecule has 3 N–H and O–H groups in total. The van der Waals surface area contributed by atoms with Crippen LogP contribution in [0.1, 0.15) is 21.6 Å².